The highest BCUT2D eigenvalue weighted by Crippen LogP contribution is 2.22. The quantitative estimate of drug-likeness (QED) is 0.524. The summed E-state index contributed by atoms with van der Waals surface area (Å²) in [7, 11) is 0. The smallest absolute Gasteiger partial charge is 0.177 e. The molecule has 0 radical (unpaired) electrons. The summed E-state index contributed by atoms with van der Waals surface area (Å²) in [6.07, 6.45) is 6.05. The number of fused-ring (bicyclic) bond motifs is 1. The van der Waals surface area contributed by atoms with Gasteiger partial charge in [-0.2, -0.15) is 4.52 Å². The molecule has 4 aromatic rings. The molecule has 9 heteroatoms. The lowest BCUT2D eigenvalue weighted by molar-refractivity contribution is 0.635. The highest BCUT2D eigenvalue weighted by molar-refractivity contribution is 5.58. The van der Waals surface area contributed by atoms with Gasteiger partial charge in [0.2, 0.25) is 0 Å². The maximum atomic E-state index is 4.84. The molecule has 0 aliphatic carbocycles. The fraction of sp³-hybridized carbons (Fsp3) is 0.300. The summed E-state index contributed by atoms with van der Waals surface area (Å²) in [5.74, 6) is 2.67. The number of aryl methyl sites for hydroxylation is 1. The molecule has 0 aromatic carbocycles. The number of rotatable bonds is 4. The van der Waals surface area contributed by atoms with Gasteiger partial charge in [-0.3, -0.25) is 4.98 Å². The second kappa shape index (κ2) is 7.42. The maximum Gasteiger partial charge on any atom is 0.177 e. The van der Waals surface area contributed by atoms with Crippen LogP contribution in [-0.4, -0.2) is 60.9 Å². The van der Waals surface area contributed by atoms with E-state index in [1.165, 1.54) is 0 Å². The first kappa shape index (κ1) is 17.5. The predicted molar refractivity (Wildman–Crippen MR) is 110 cm³/mol. The number of nitrogens with zero attached hydrogens (tertiary/aromatic N) is 9. The molecule has 146 valence electrons. The summed E-state index contributed by atoms with van der Waals surface area (Å²) in [6, 6.07) is 9.94. The van der Waals surface area contributed by atoms with E-state index < -0.39 is 0 Å². The molecule has 5 heterocycles. The Morgan fingerprint density at radius 1 is 0.897 bits per heavy atom. The first-order valence-electron chi connectivity index (χ1n) is 9.75. The zero-order chi connectivity index (χ0) is 19.6. The van der Waals surface area contributed by atoms with Crippen LogP contribution in [0.25, 0.3) is 17.0 Å². The normalized spacial score (nSPS) is 14.5. The van der Waals surface area contributed by atoms with Crippen LogP contribution in [0.3, 0.4) is 0 Å². The van der Waals surface area contributed by atoms with Gasteiger partial charge in [-0.25, -0.2) is 9.97 Å². The van der Waals surface area contributed by atoms with Crippen molar-refractivity contribution in [2.75, 3.05) is 36.0 Å². The van der Waals surface area contributed by atoms with E-state index in [4.69, 9.17) is 9.97 Å². The minimum atomic E-state index is 0.754. The minimum absolute atomic E-state index is 0.754. The first-order chi connectivity index (χ1) is 14.3. The molecule has 1 fully saturated rings. The molecule has 0 spiro atoms. The molecule has 0 N–H and O–H groups in total. The molecule has 0 bridgehead atoms. The summed E-state index contributed by atoms with van der Waals surface area (Å²) < 4.78 is 1.71. The second-order valence-electron chi connectivity index (χ2n) is 6.93. The lowest BCUT2D eigenvalue weighted by Gasteiger charge is -2.36. The zero-order valence-electron chi connectivity index (χ0n) is 16.2. The van der Waals surface area contributed by atoms with Crippen molar-refractivity contribution in [1.29, 1.82) is 0 Å². The standard InChI is InChI=1S/C20H21N9/c1-2-16-13-19(24-20(23-16)15-5-7-21-8-6-15)28-11-9-27(10-12-28)18-4-3-17-25-22-14-29(17)26-18/h3-8,13-14H,2,9-12H2,1H3. The Morgan fingerprint density at radius 3 is 2.41 bits per heavy atom. The van der Waals surface area contributed by atoms with E-state index in [9.17, 15) is 0 Å². The maximum absolute atomic E-state index is 4.84. The van der Waals surface area contributed by atoms with Gasteiger partial charge in [0.25, 0.3) is 0 Å². The van der Waals surface area contributed by atoms with E-state index in [-0.39, 0.29) is 0 Å². The van der Waals surface area contributed by atoms with Crippen molar-refractivity contribution >= 4 is 17.3 Å². The lowest BCUT2D eigenvalue weighted by atomic mass is 10.2. The molecule has 9 nitrogen and oxygen atoms in total. The van der Waals surface area contributed by atoms with Crippen LogP contribution in [0.15, 0.2) is 49.1 Å². The van der Waals surface area contributed by atoms with Crippen molar-refractivity contribution in [3.8, 4) is 11.4 Å². The molecular formula is C20H21N9. The summed E-state index contributed by atoms with van der Waals surface area (Å²) in [6.45, 7) is 5.61. The Labute approximate surface area is 168 Å². The number of hydrogen-bond donors (Lipinski definition) is 0. The van der Waals surface area contributed by atoms with E-state index in [1.807, 2.05) is 24.3 Å². The van der Waals surface area contributed by atoms with Crippen molar-refractivity contribution < 1.29 is 0 Å². The Kier molecular flexibility index (Phi) is 4.47. The molecule has 1 saturated heterocycles. The first-order valence-corrected chi connectivity index (χ1v) is 9.75. The molecule has 1 aliphatic heterocycles. The molecular weight excluding hydrogens is 366 g/mol. The van der Waals surface area contributed by atoms with Crippen LogP contribution in [-0.2, 0) is 6.42 Å². The number of pyridine rings is 1. The fourth-order valence-corrected chi connectivity index (χ4v) is 3.51. The fourth-order valence-electron chi connectivity index (χ4n) is 3.51. The average Bonchev–Trinajstić information content (AvgIpc) is 3.27. The van der Waals surface area contributed by atoms with Gasteiger partial charge in [0.15, 0.2) is 11.5 Å². The van der Waals surface area contributed by atoms with Crippen molar-refractivity contribution in [2.24, 2.45) is 0 Å². The Bertz CT molecular complexity index is 1120. The molecule has 4 aromatic heterocycles. The van der Waals surface area contributed by atoms with Gasteiger partial charge in [0.05, 0.1) is 0 Å². The molecule has 0 amide bonds. The van der Waals surface area contributed by atoms with Gasteiger partial charge in [-0.05, 0) is 30.7 Å². The molecule has 5 rings (SSSR count). The number of aromatic nitrogens is 7. The number of hydrogen-bond acceptors (Lipinski definition) is 8. The van der Waals surface area contributed by atoms with Gasteiger partial charge in [-0.15, -0.1) is 15.3 Å². The van der Waals surface area contributed by atoms with E-state index in [1.54, 1.807) is 23.2 Å². The summed E-state index contributed by atoms with van der Waals surface area (Å²) in [5.41, 5.74) is 2.79. The highest BCUT2D eigenvalue weighted by Gasteiger charge is 2.21. The van der Waals surface area contributed by atoms with Crippen molar-refractivity contribution in [3.05, 3.63) is 54.7 Å². The molecule has 29 heavy (non-hydrogen) atoms. The van der Waals surface area contributed by atoms with E-state index in [0.717, 1.165) is 67.0 Å². The van der Waals surface area contributed by atoms with Crippen LogP contribution in [0.2, 0.25) is 0 Å². The molecule has 0 saturated carbocycles. The number of piperazine rings is 1. The van der Waals surface area contributed by atoms with Gasteiger partial charge >= 0.3 is 0 Å². The Hall–Kier alpha value is -3.62. The van der Waals surface area contributed by atoms with E-state index >= 15 is 0 Å². The average molecular weight is 387 g/mol. The minimum Gasteiger partial charge on any atom is -0.353 e. The second-order valence-corrected chi connectivity index (χ2v) is 6.93. The van der Waals surface area contributed by atoms with Crippen LogP contribution in [0, 0.1) is 0 Å². The van der Waals surface area contributed by atoms with Crippen molar-refractivity contribution in [2.45, 2.75) is 13.3 Å². The van der Waals surface area contributed by atoms with Crippen LogP contribution >= 0.6 is 0 Å². The third-order valence-electron chi connectivity index (χ3n) is 5.14. The topological polar surface area (TPSA) is 88.2 Å². The van der Waals surface area contributed by atoms with Crippen molar-refractivity contribution in [1.82, 2.24) is 34.8 Å². The van der Waals surface area contributed by atoms with E-state index in [2.05, 4.69) is 43.1 Å². The number of anilines is 2. The third-order valence-corrected chi connectivity index (χ3v) is 5.14. The van der Waals surface area contributed by atoms with E-state index in [0.29, 0.717) is 0 Å². The summed E-state index contributed by atoms with van der Waals surface area (Å²) in [5, 5.41) is 12.5. The largest absolute Gasteiger partial charge is 0.353 e. The van der Waals surface area contributed by atoms with Crippen molar-refractivity contribution in [3.63, 3.8) is 0 Å². The van der Waals surface area contributed by atoms with Gasteiger partial charge < -0.3 is 9.80 Å². The van der Waals surface area contributed by atoms with Crippen LogP contribution in [0.5, 0.6) is 0 Å². The Morgan fingerprint density at radius 2 is 1.66 bits per heavy atom. The molecule has 0 atom stereocenters. The summed E-state index contributed by atoms with van der Waals surface area (Å²) >= 11 is 0. The summed E-state index contributed by atoms with van der Waals surface area (Å²) in [4.78, 5) is 18.2. The van der Waals surface area contributed by atoms with Crippen LogP contribution in [0.1, 0.15) is 12.6 Å². The SMILES string of the molecule is CCc1cc(N2CCN(c3ccc4nncn4n3)CC2)nc(-c2ccncc2)n1. The predicted octanol–water partition coefficient (Wildman–Crippen LogP) is 1.87. The monoisotopic (exact) mass is 387 g/mol. The highest BCUT2D eigenvalue weighted by atomic mass is 15.4. The zero-order valence-corrected chi connectivity index (χ0v) is 16.2. The lowest BCUT2D eigenvalue weighted by Crippen LogP contribution is -2.47. The van der Waals surface area contributed by atoms with Gasteiger partial charge in [-0.1, -0.05) is 6.92 Å². The Balaban J connectivity index is 1.36. The van der Waals surface area contributed by atoms with Gasteiger partial charge in [0, 0.05) is 55.9 Å². The van der Waals surface area contributed by atoms with Crippen LogP contribution in [0.4, 0.5) is 11.6 Å². The van der Waals surface area contributed by atoms with Crippen LogP contribution < -0.4 is 9.80 Å². The third kappa shape index (κ3) is 3.46. The van der Waals surface area contributed by atoms with Gasteiger partial charge in [0.1, 0.15) is 18.0 Å². The molecule has 1 aliphatic rings. The molecule has 0 unspecified atom stereocenters.